The van der Waals surface area contributed by atoms with Gasteiger partial charge >= 0.3 is 0 Å². The molecule has 0 atom stereocenters. The normalized spacial score (nSPS) is 12.0. The van der Waals surface area contributed by atoms with E-state index in [1.165, 1.54) is 16.9 Å². The van der Waals surface area contributed by atoms with E-state index in [0.29, 0.717) is 15.7 Å². The molecule has 3 aromatic heterocycles. The third-order valence-electron chi connectivity index (χ3n) is 6.00. The van der Waals surface area contributed by atoms with Crippen LogP contribution in [-0.2, 0) is 12.8 Å². The molecule has 34 heavy (non-hydrogen) atoms. The fraction of sp³-hybridized carbons (Fsp3) is 0.0741. The number of anilines is 2. The second-order valence-electron chi connectivity index (χ2n) is 7.99. The highest BCUT2D eigenvalue weighted by Gasteiger charge is 2.28. The van der Waals surface area contributed by atoms with Crippen molar-refractivity contribution in [2.45, 2.75) is 12.8 Å². The Balaban J connectivity index is 1.56. The molecule has 1 aliphatic rings. The van der Waals surface area contributed by atoms with Gasteiger partial charge in [-0.1, -0.05) is 42.5 Å². The number of hydrogen-bond acceptors (Lipinski definition) is 5. The summed E-state index contributed by atoms with van der Waals surface area (Å²) >= 11 is 6.97. The van der Waals surface area contributed by atoms with Gasteiger partial charge in [0.2, 0.25) is 0 Å². The van der Waals surface area contributed by atoms with Crippen molar-refractivity contribution < 1.29 is 4.42 Å². The molecule has 0 spiro atoms. The lowest BCUT2D eigenvalue weighted by Crippen LogP contribution is -2.19. The van der Waals surface area contributed by atoms with Crippen molar-refractivity contribution in [2.24, 2.45) is 0 Å². The van der Waals surface area contributed by atoms with Crippen molar-refractivity contribution in [1.29, 1.82) is 5.26 Å². The van der Waals surface area contributed by atoms with Crippen molar-refractivity contribution in [2.75, 3.05) is 10.6 Å². The molecular weight excluding hydrogens is 460 g/mol. The summed E-state index contributed by atoms with van der Waals surface area (Å²) in [4.78, 5) is 6.38. The fourth-order valence-corrected chi connectivity index (χ4v) is 5.71. The molecule has 2 aromatic carbocycles. The number of aromatic nitrogens is 1. The molecule has 0 saturated carbocycles. The smallest absolute Gasteiger partial charge is 0.175 e. The summed E-state index contributed by atoms with van der Waals surface area (Å²) in [5, 5.41) is 17.7. The second-order valence-corrected chi connectivity index (χ2v) is 9.40. The number of fused-ring (bicyclic) bond motifs is 4. The third kappa shape index (κ3) is 3.45. The maximum absolute atomic E-state index is 9.97. The SMILES string of the molecule is N#Cc1sc2nc3c(c(-c4ccco4)c2c1NC(=S)Nc1ccccc1)CCc1ccccc1-3. The molecule has 6 rings (SSSR count). The Labute approximate surface area is 205 Å². The van der Waals surface area contributed by atoms with Gasteiger partial charge in [0.15, 0.2) is 5.11 Å². The summed E-state index contributed by atoms with van der Waals surface area (Å²) in [5.41, 5.74) is 7.03. The summed E-state index contributed by atoms with van der Waals surface area (Å²) in [7, 11) is 0. The predicted molar refractivity (Wildman–Crippen MR) is 141 cm³/mol. The number of nitriles is 1. The van der Waals surface area contributed by atoms with Crippen molar-refractivity contribution in [3.8, 4) is 28.7 Å². The maximum atomic E-state index is 9.97. The average molecular weight is 479 g/mol. The van der Waals surface area contributed by atoms with E-state index in [4.69, 9.17) is 21.6 Å². The van der Waals surface area contributed by atoms with Gasteiger partial charge in [0.05, 0.1) is 17.6 Å². The number of nitrogens with one attached hydrogen (secondary N) is 2. The minimum Gasteiger partial charge on any atom is -0.464 e. The zero-order valence-electron chi connectivity index (χ0n) is 18.0. The number of para-hydroxylation sites is 1. The number of rotatable bonds is 3. The Hall–Kier alpha value is -3.99. The highest BCUT2D eigenvalue weighted by molar-refractivity contribution is 7.80. The van der Waals surface area contributed by atoms with Gasteiger partial charge < -0.3 is 15.1 Å². The van der Waals surface area contributed by atoms with Gasteiger partial charge in [-0.3, -0.25) is 0 Å². The minimum absolute atomic E-state index is 0.413. The molecule has 0 fully saturated rings. The summed E-state index contributed by atoms with van der Waals surface area (Å²) in [6.45, 7) is 0. The molecule has 164 valence electrons. The first-order chi connectivity index (χ1) is 16.7. The third-order valence-corrected chi connectivity index (χ3v) is 7.19. The van der Waals surface area contributed by atoms with Gasteiger partial charge in [0.1, 0.15) is 21.5 Å². The Kier molecular flexibility index (Phi) is 5.10. The molecule has 1 aliphatic carbocycles. The number of furan rings is 1. The summed E-state index contributed by atoms with van der Waals surface area (Å²) in [5.74, 6) is 0.760. The van der Waals surface area contributed by atoms with Crippen LogP contribution in [0.15, 0.2) is 77.4 Å². The van der Waals surface area contributed by atoms with E-state index in [-0.39, 0.29) is 0 Å². The average Bonchev–Trinajstić information content (AvgIpc) is 3.51. The molecule has 0 radical (unpaired) electrons. The number of thiophene rings is 1. The van der Waals surface area contributed by atoms with Crippen LogP contribution >= 0.6 is 23.6 Å². The summed E-state index contributed by atoms with van der Waals surface area (Å²) in [6, 6.07) is 24.3. The topological polar surface area (TPSA) is 73.9 Å². The molecule has 2 N–H and O–H groups in total. The van der Waals surface area contributed by atoms with Crippen LogP contribution in [-0.4, -0.2) is 10.1 Å². The largest absolute Gasteiger partial charge is 0.464 e. The Morgan fingerprint density at radius 1 is 1.00 bits per heavy atom. The number of thiocarbonyl (C=S) groups is 1. The molecule has 0 bridgehead atoms. The van der Waals surface area contributed by atoms with Crippen LogP contribution < -0.4 is 10.6 Å². The highest BCUT2D eigenvalue weighted by atomic mass is 32.1. The van der Waals surface area contributed by atoms with E-state index in [2.05, 4.69) is 34.9 Å². The van der Waals surface area contributed by atoms with Gasteiger partial charge in [-0.15, -0.1) is 11.3 Å². The van der Waals surface area contributed by atoms with Crippen molar-refractivity contribution in [1.82, 2.24) is 4.98 Å². The molecule has 7 heteroatoms. The van der Waals surface area contributed by atoms with E-state index < -0.39 is 0 Å². The van der Waals surface area contributed by atoms with Crippen LogP contribution in [0.2, 0.25) is 0 Å². The lowest BCUT2D eigenvalue weighted by molar-refractivity contribution is 0.582. The van der Waals surface area contributed by atoms with Crippen LogP contribution in [0.4, 0.5) is 11.4 Å². The number of nitrogens with zero attached hydrogens (tertiary/aromatic N) is 2. The first-order valence-electron chi connectivity index (χ1n) is 10.9. The minimum atomic E-state index is 0.413. The van der Waals surface area contributed by atoms with Crippen LogP contribution in [0.1, 0.15) is 16.0 Å². The molecule has 5 aromatic rings. The molecular formula is C27H18N4OS2. The molecule has 0 unspecified atom stereocenters. The Morgan fingerprint density at radius 3 is 2.62 bits per heavy atom. The van der Waals surface area contributed by atoms with Gasteiger partial charge in [-0.25, -0.2) is 4.98 Å². The van der Waals surface area contributed by atoms with E-state index >= 15 is 0 Å². The zero-order chi connectivity index (χ0) is 23.1. The quantitative estimate of drug-likeness (QED) is 0.272. The van der Waals surface area contributed by atoms with Crippen molar-refractivity contribution >= 4 is 50.3 Å². The highest BCUT2D eigenvalue weighted by Crippen LogP contribution is 2.47. The predicted octanol–water partition coefficient (Wildman–Crippen LogP) is 7.00. The van der Waals surface area contributed by atoms with Gasteiger partial charge in [0.25, 0.3) is 0 Å². The molecule has 3 heterocycles. The van der Waals surface area contributed by atoms with Gasteiger partial charge in [0, 0.05) is 22.2 Å². The van der Waals surface area contributed by atoms with Gasteiger partial charge in [-0.05, 0) is 60.5 Å². The van der Waals surface area contributed by atoms with E-state index in [9.17, 15) is 5.26 Å². The molecule has 0 saturated heterocycles. The monoisotopic (exact) mass is 478 g/mol. The van der Waals surface area contributed by atoms with Crippen LogP contribution in [0.25, 0.3) is 32.8 Å². The molecule has 0 amide bonds. The summed E-state index contributed by atoms with van der Waals surface area (Å²) in [6.07, 6.45) is 3.45. The Bertz CT molecular complexity index is 1580. The van der Waals surface area contributed by atoms with Crippen molar-refractivity contribution in [3.63, 3.8) is 0 Å². The lowest BCUT2D eigenvalue weighted by Gasteiger charge is -2.22. The number of hydrogen-bond donors (Lipinski definition) is 2. The second kappa shape index (κ2) is 8.41. The fourth-order valence-electron chi connectivity index (χ4n) is 4.55. The lowest BCUT2D eigenvalue weighted by atomic mass is 9.85. The van der Waals surface area contributed by atoms with E-state index in [1.807, 2.05) is 48.5 Å². The van der Waals surface area contributed by atoms with Crippen LogP contribution in [0.3, 0.4) is 0 Å². The maximum Gasteiger partial charge on any atom is 0.175 e. The molecule has 0 aliphatic heterocycles. The van der Waals surface area contributed by atoms with E-state index in [1.54, 1.807) is 6.26 Å². The standard InChI is InChI=1S/C27H18N4OS2/c28-15-21-25(31-27(33)29-17-8-2-1-3-9-17)23-22(20-11-6-14-32-20)19-13-12-16-7-4-5-10-18(16)24(19)30-26(23)34-21/h1-11,14H,12-13H2,(H2,29,31,33). The van der Waals surface area contributed by atoms with Crippen LogP contribution in [0, 0.1) is 11.3 Å². The van der Waals surface area contributed by atoms with Gasteiger partial charge in [-0.2, -0.15) is 5.26 Å². The Morgan fingerprint density at radius 2 is 1.82 bits per heavy atom. The number of pyridine rings is 1. The first kappa shape index (κ1) is 20.6. The van der Waals surface area contributed by atoms with Crippen molar-refractivity contribution in [3.05, 3.63) is 89.0 Å². The molecule has 5 nitrogen and oxygen atoms in total. The summed E-state index contributed by atoms with van der Waals surface area (Å²) < 4.78 is 5.90. The zero-order valence-corrected chi connectivity index (χ0v) is 19.6. The number of aryl methyl sites for hydroxylation is 1. The van der Waals surface area contributed by atoms with E-state index in [0.717, 1.165) is 56.9 Å². The number of benzene rings is 2. The first-order valence-corrected chi connectivity index (χ1v) is 12.1. The van der Waals surface area contributed by atoms with Crippen LogP contribution in [0.5, 0.6) is 0 Å².